The Morgan fingerprint density at radius 3 is 2.86 bits per heavy atom. The van der Waals surface area contributed by atoms with Crippen LogP contribution in [0.2, 0.25) is 0 Å². The third-order valence-corrected chi connectivity index (χ3v) is 3.34. The van der Waals surface area contributed by atoms with Gasteiger partial charge >= 0.3 is 0 Å². The highest BCUT2D eigenvalue weighted by atomic mass is 15.4. The predicted molar refractivity (Wildman–Crippen MR) is 56.2 cm³/mol. The van der Waals surface area contributed by atoms with Crippen LogP contribution in [0, 0.1) is 0 Å². The minimum Gasteiger partial charge on any atom is -0.249 e. The molecule has 1 aliphatic carbocycles. The van der Waals surface area contributed by atoms with Crippen LogP contribution < -0.4 is 0 Å². The summed E-state index contributed by atoms with van der Waals surface area (Å²) in [6.07, 6.45) is 8.55. The van der Waals surface area contributed by atoms with E-state index in [1.807, 2.05) is 0 Å². The van der Waals surface area contributed by atoms with Gasteiger partial charge in [-0.2, -0.15) is 0 Å². The first-order chi connectivity index (χ1) is 6.81. The molecule has 0 radical (unpaired) electrons. The summed E-state index contributed by atoms with van der Waals surface area (Å²) in [6, 6.07) is 0.625. The zero-order chi connectivity index (χ0) is 9.97. The monoisotopic (exact) mass is 193 g/mol. The Labute approximate surface area is 85.5 Å². The van der Waals surface area contributed by atoms with E-state index in [0.29, 0.717) is 12.0 Å². The molecular weight excluding hydrogens is 174 g/mol. The van der Waals surface area contributed by atoms with Gasteiger partial charge < -0.3 is 0 Å². The summed E-state index contributed by atoms with van der Waals surface area (Å²) in [5, 5.41) is 8.48. The molecule has 0 aromatic carbocycles. The fourth-order valence-corrected chi connectivity index (χ4v) is 2.07. The van der Waals surface area contributed by atoms with Crippen LogP contribution in [0.5, 0.6) is 0 Å². The summed E-state index contributed by atoms with van der Waals surface area (Å²) in [4.78, 5) is 0. The van der Waals surface area contributed by atoms with E-state index in [9.17, 15) is 0 Å². The minimum absolute atomic E-state index is 0.546. The van der Waals surface area contributed by atoms with Crippen molar-refractivity contribution >= 4 is 0 Å². The summed E-state index contributed by atoms with van der Waals surface area (Å²) < 4.78 is 2.08. The van der Waals surface area contributed by atoms with Gasteiger partial charge in [0.05, 0.1) is 11.7 Å². The average Bonchev–Trinajstić information content (AvgIpc) is 2.86. The molecule has 1 saturated carbocycles. The quantitative estimate of drug-likeness (QED) is 0.739. The van der Waals surface area contributed by atoms with Gasteiger partial charge in [0.15, 0.2) is 0 Å². The lowest BCUT2D eigenvalue weighted by Gasteiger charge is -2.07. The maximum atomic E-state index is 4.24. The lowest BCUT2D eigenvalue weighted by molar-refractivity contribution is 0.454. The molecule has 14 heavy (non-hydrogen) atoms. The summed E-state index contributed by atoms with van der Waals surface area (Å²) in [6.45, 7) is 4.41. The zero-order valence-electron chi connectivity index (χ0n) is 9.11. The SMILES string of the molecule is CCC(C)c1cn(C2CCCC2)nn1. The Balaban J connectivity index is 2.08. The van der Waals surface area contributed by atoms with Crippen molar-refractivity contribution in [2.45, 2.75) is 57.9 Å². The van der Waals surface area contributed by atoms with Crippen LogP contribution in [0.15, 0.2) is 6.20 Å². The van der Waals surface area contributed by atoms with Crippen molar-refractivity contribution < 1.29 is 0 Å². The third-order valence-electron chi connectivity index (χ3n) is 3.34. The Hall–Kier alpha value is -0.860. The molecule has 0 saturated heterocycles. The zero-order valence-corrected chi connectivity index (χ0v) is 9.11. The van der Waals surface area contributed by atoms with Crippen LogP contribution in [-0.2, 0) is 0 Å². The highest BCUT2D eigenvalue weighted by Gasteiger charge is 2.19. The largest absolute Gasteiger partial charge is 0.249 e. The standard InChI is InChI=1S/C11H19N3/c1-3-9(2)11-8-14(13-12-11)10-6-4-5-7-10/h8-10H,3-7H2,1-2H3. The molecule has 3 heteroatoms. The van der Waals surface area contributed by atoms with E-state index in [2.05, 4.69) is 35.0 Å². The Kier molecular flexibility index (Phi) is 2.85. The Morgan fingerprint density at radius 2 is 2.21 bits per heavy atom. The highest BCUT2D eigenvalue weighted by molar-refractivity contribution is 5.00. The van der Waals surface area contributed by atoms with E-state index in [0.717, 1.165) is 12.1 Å². The first kappa shape index (κ1) is 9.69. The normalized spacial score (nSPS) is 20.1. The maximum absolute atomic E-state index is 4.24. The van der Waals surface area contributed by atoms with Crippen molar-refractivity contribution in [3.8, 4) is 0 Å². The molecule has 1 aromatic rings. The van der Waals surface area contributed by atoms with Gasteiger partial charge in [-0.1, -0.05) is 31.9 Å². The summed E-state index contributed by atoms with van der Waals surface area (Å²) in [5.74, 6) is 0.546. The number of hydrogen-bond donors (Lipinski definition) is 0. The number of hydrogen-bond acceptors (Lipinski definition) is 2. The third kappa shape index (κ3) is 1.81. The van der Waals surface area contributed by atoms with Gasteiger partial charge in [0, 0.05) is 12.1 Å². The summed E-state index contributed by atoms with van der Waals surface area (Å²) in [5.41, 5.74) is 1.15. The molecule has 0 spiro atoms. The molecule has 1 unspecified atom stereocenters. The number of rotatable bonds is 3. The van der Waals surface area contributed by atoms with E-state index in [1.165, 1.54) is 25.7 Å². The second-order valence-electron chi connectivity index (χ2n) is 4.37. The van der Waals surface area contributed by atoms with E-state index in [1.54, 1.807) is 0 Å². The molecule has 0 aliphatic heterocycles. The molecule has 3 nitrogen and oxygen atoms in total. The van der Waals surface area contributed by atoms with Crippen molar-refractivity contribution in [3.63, 3.8) is 0 Å². The Morgan fingerprint density at radius 1 is 1.50 bits per heavy atom. The van der Waals surface area contributed by atoms with Crippen molar-refractivity contribution in [3.05, 3.63) is 11.9 Å². The highest BCUT2D eigenvalue weighted by Crippen LogP contribution is 2.29. The van der Waals surface area contributed by atoms with Crippen LogP contribution in [-0.4, -0.2) is 15.0 Å². The van der Waals surface area contributed by atoms with Gasteiger partial charge in [-0.05, 0) is 19.3 Å². The van der Waals surface area contributed by atoms with Gasteiger partial charge in [-0.15, -0.1) is 5.10 Å². The molecule has 2 rings (SSSR count). The van der Waals surface area contributed by atoms with Crippen LogP contribution in [0.1, 0.15) is 63.6 Å². The smallest absolute Gasteiger partial charge is 0.0855 e. The fraction of sp³-hybridized carbons (Fsp3) is 0.818. The Bertz CT molecular complexity index is 286. The molecule has 0 N–H and O–H groups in total. The van der Waals surface area contributed by atoms with Gasteiger partial charge in [0.25, 0.3) is 0 Å². The van der Waals surface area contributed by atoms with E-state index >= 15 is 0 Å². The molecule has 1 fully saturated rings. The molecule has 1 aromatic heterocycles. The average molecular weight is 193 g/mol. The first-order valence-corrected chi connectivity index (χ1v) is 5.73. The predicted octanol–water partition coefficient (Wildman–Crippen LogP) is 2.91. The summed E-state index contributed by atoms with van der Waals surface area (Å²) >= 11 is 0. The molecular formula is C11H19N3. The topological polar surface area (TPSA) is 30.7 Å². The van der Waals surface area contributed by atoms with E-state index in [-0.39, 0.29) is 0 Å². The van der Waals surface area contributed by atoms with Crippen LogP contribution in [0.3, 0.4) is 0 Å². The van der Waals surface area contributed by atoms with Gasteiger partial charge in [0.1, 0.15) is 0 Å². The first-order valence-electron chi connectivity index (χ1n) is 5.73. The van der Waals surface area contributed by atoms with E-state index < -0.39 is 0 Å². The van der Waals surface area contributed by atoms with Crippen molar-refractivity contribution in [1.82, 2.24) is 15.0 Å². The van der Waals surface area contributed by atoms with Crippen LogP contribution in [0.25, 0.3) is 0 Å². The second kappa shape index (κ2) is 4.11. The minimum atomic E-state index is 0.546. The van der Waals surface area contributed by atoms with Crippen molar-refractivity contribution in [1.29, 1.82) is 0 Å². The van der Waals surface area contributed by atoms with Crippen molar-refractivity contribution in [2.75, 3.05) is 0 Å². The molecule has 1 atom stereocenters. The van der Waals surface area contributed by atoms with Gasteiger partial charge in [-0.25, -0.2) is 4.68 Å². The number of nitrogens with zero attached hydrogens (tertiary/aromatic N) is 3. The van der Waals surface area contributed by atoms with Crippen LogP contribution in [0.4, 0.5) is 0 Å². The molecule has 0 amide bonds. The molecule has 1 heterocycles. The summed E-state index contributed by atoms with van der Waals surface area (Å²) in [7, 11) is 0. The maximum Gasteiger partial charge on any atom is 0.0855 e. The number of aromatic nitrogens is 3. The molecule has 78 valence electrons. The fourth-order valence-electron chi connectivity index (χ4n) is 2.07. The lowest BCUT2D eigenvalue weighted by Crippen LogP contribution is -2.04. The molecule has 1 aliphatic rings. The van der Waals surface area contributed by atoms with Crippen LogP contribution >= 0.6 is 0 Å². The van der Waals surface area contributed by atoms with Gasteiger partial charge in [-0.3, -0.25) is 0 Å². The molecule has 0 bridgehead atoms. The van der Waals surface area contributed by atoms with E-state index in [4.69, 9.17) is 0 Å². The second-order valence-corrected chi connectivity index (χ2v) is 4.37. The van der Waals surface area contributed by atoms with Gasteiger partial charge in [0.2, 0.25) is 0 Å². The van der Waals surface area contributed by atoms with Crippen molar-refractivity contribution in [2.24, 2.45) is 0 Å². The lowest BCUT2D eigenvalue weighted by atomic mass is 10.1.